The van der Waals surface area contributed by atoms with Crippen molar-refractivity contribution < 1.29 is 18.0 Å². The van der Waals surface area contributed by atoms with Crippen LogP contribution in [-0.2, 0) is 4.79 Å². The SMILES string of the molecule is NC(=O)C1(N)CCCC1CCN1CCCC(C(F)(F)F)C1. The molecule has 2 fully saturated rings. The zero-order valence-corrected chi connectivity index (χ0v) is 12.2. The number of hydrogen-bond acceptors (Lipinski definition) is 3. The van der Waals surface area contributed by atoms with Gasteiger partial charge < -0.3 is 16.4 Å². The summed E-state index contributed by atoms with van der Waals surface area (Å²) < 4.78 is 38.3. The first-order chi connectivity index (χ1) is 9.73. The van der Waals surface area contributed by atoms with Crippen molar-refractivity contribution in [2.75, 3.05) is 19.6 Å². The predicted octanol–water partition coefficient (Wildman–Crippen LogP) is 1.63. The summed E-state index contributed by atoms with van der Waals surface area (Å²) in [6.07, 6.45) is -0.422. The number of alkyl halides is 3. The number of halogens is 3. The Morgan fingerprint density at radius 1 is 1.29 bits per heavy atom. The maximum absolute atomic E-state index is 12.8. The van der Waals surface area contributed by atoms with Crippen LogP contribution in [0.5, 0.6) is 0 Å². The summed E-state index contributed by atoms with van der Waals surface area (Å²) >= 11 is 0. The molecule has 0 bridgehead atoms. The summed E-state index contributed by atoms with van der Waals surface area (Å²) in [4.78, 5) is 13.4. The van der Waals surface area contributed by atoms with E-state index in [-0.39, 0.29) is 18.9 Å². The van der Waals surface area contributed by atoms with Crippen LogP contribution < -0.4 is 11.5 Å². The van der Waals surface area contributed by atoms with Crippen LogP contribution in [0.25, 0.3) is 0 Å². The number of nitrogens with zero attached hydrogens (tertiary/aromatic N) is 1. The second-order valence-corrected chi connectivity index (χ2v) is 6.46. The van der Waals surface area contributed by atoms with Gasteiger partial charge in [0.15, 0.2) is 0 Å². The molecule has 2 rings (SSSR count). The Kier molecular flexibility index (Phi) is 4.82. The van der Waals surface area contributed by atoms with Gasteiger partial charge in [0.1, 0.15) is 0 Å². The van der Waals surface area contributed by atoms with E-state index in [1.165, 1.54) is 0 Å². The molecule has 4 nitrogen and oxygen atoms in total. The van der Waals surface area contributed by atoms with E-state index in [1.807, 2.05) is 4.90 Å². The minimum absolute atomic E-state index is 0.0127. The van der Waals surface area contributed by atoms with Crippen LogP contribution in [0.1, 0.15) is 38.5 Å². The minimum atomic E-state index is -4.11. The fraction of sp³-hybridized carbons (Fsp3) is 0.929. The van der Waals surface area contributed by atoms with Crippen molar-refractivity contribution in [1.82, 2.24) is 4.90 Å². The normalized spacial score (nSPS) is 35.0. The van der Waals surface area contributed by atoms with Crippen molar-refractivity contribution in [1.29, 1.82) is 0 Å². The molecular weight excluding hydrogens is 283 g/mol. The lowest BCUT2D eigenvalue weighted by Gasteiger charge is -2.35. The molecule has 2 aliphatic rings. The van der Waals surface area contributed by atoms with E-state index in [2.05, 4.69) is 0 Å². The van der Waals surface area contributed by atoms with Crippen LogP contribution in [0.3, 0.4) is 0 Å². The van der Waals surface area contributed by atoms with Gasteiger partial charge >= 0.3 is 6.18 Å². The van der Waals surface area contributed by atoms with Gasteiger partial charge in [0.2, 0.25) is 5.91 Å². The number of likely N-dealkylation sites (tertiary alicyclic amines) is 1. The molecule has 122 valence electrons. The van der Waals surface area contributed by atoms with Gasteiger partial charge in [-0.1, -0.05) is 6.42 Å². The Morgan fingerprint density at radius 3 is 2.62 bits per heavy atom. The van der Waals surface area contributed by atoms with Crippen molar-refractivity contribution in [3.05, 3.63) is 0 Å². The number of amides is 1. The van der Waals surface area contributed by atoms with Crippen LogP contribution in [0, 0.1) is 11.8 Å². The van der Waals surface area contributed by atoms with Gasteiger partial charge in [-0.05, 0) is 51.1 Å². The Bertz CT molecular complexity index is 388. The van der Waals surface area contributed by atoms with Crippen LogP contribution in [-0.4, -0.2) is 42.2 Å². The fourth-order valence-corrected chi connectivity index (χ4v) is 3.69. The highest BCUT2D eigenvalue weighted by molar-refractivity contribution is 5.85. The van der Waals surface area contributed by atoms with Gasteiger partial charge in [-0.25, -0.2) is 0 Å². The van der Waals surface area contributed by atoms with Gasteiger partial charge in [-0.15, -0.1) is 0 Å². The highest BCUT2D eigenvalue weighted by atomic mass is 19.4. The molecule has 1 saturated carbocycles. The first-order valence-electron chi connectivity index (χ1n) is 7.61. The molecule has 0 aromatic rings. The summed E-state index contributed by atoms with van der Waals surface area (Å²) in [7, 11) is 0. The van der Waals surface area contributed by atoms with Gasteiger partial charge in [-0.2, -0.15) is 13.2 Å². The molecule has 1 amide bonds. The van der Waals surface area contributed by atoms with E-state index in [1.54, 1.807) is 0 Å². The number of carbonyl (C=O) groups is 1. The summed E-state index contributed by atoms with van der Waals surface area (Å²) in [5.41, 5.74) is 10.5. The summed E-state index contributed by atoms with van der Waals surface area (Å²) in [5.74, 6) is -1.73. The standard InChI is InChI=1S/C14H24F3N3O/c15-14(16,17)11-4-2-7-20(9-11)8-5-10-3-1-6-13(10,19)12(18)21/h10-11H,1-9,19H2,(H2,18,21). The lowest BCUT2D eigenvalue weighted by molar-refractivity contribution is -0.186. The van der Waals surface area contributed by atoms with Gasteiger partial charge in [0, 0.05) is 6.54 Å². The van der Waals surface area contributed by atoms with Crippen molar-refractivity contribution in [3.63, 3.8) is 0 Å². The molecule has 1 aliphatic heterocycles. The molecule has 21 heavy (non-hydrogen) atoms. The summed E-state index contributed by atoms with van der Waals surface area (Å²) in [5, 5.41) is 0. The maximum Gasteiger partial charge on any atom is 0.393 e. The number of carbonyl (C=O) groups excluding carboxylic acids is 1. The number of piperidine rings is 1. The quantitative estimate of drug-likeness (QED) is 0.829. The fourth-order valence-electron chi connectivity index (χ4n) is 3.69. The lowest BCUT2D eigenvalue weighted by Crippen LogP contribution is -2.55. The Morgan fingerprint density at radius 2 is 2.00 bits per heavy atom. The van der Waals surface area contributed by atoms with Crippen molar-refractivity contribution >= 4 is 5.91 Å². The molecule has 1 heterocycles. The summed E-state index contributed by atoms with van der Waals surface area (Å²) in [6, 6.07) is 0. The average molecular weight is 307 g/mol. The van der Waals surface area contributed by atoms with Crippen molar-refractivity contribution in [2.45, 2.75) is 50.2 Å². The third kappa shape index (κ3) is 3.69. The van der Waals surface area contributed by atoms with E-state index < -0.39 is 23.5 Å². The molecule has 1 saturated heterocycles. The Hall–Kier alpha value is -0.820. The Labute approximate surface area is 123 Å². The van der Waals surface area contributed by atoms with Crippen LogP contribution in [0.15, 0.2) is 0 Å². The molecule has 0 radical (unpaired) electrons. The molecule has 3 unspecified atom stereocenters. The third-order valence-corrected chi connectivity index (χ3v) is 5.09. The molecule has 0 aromatic heterocycles. The minimum Gasteiger partial charge on any atom is -0.368 e. The number of primary amides is 1. The second kappa shape index (κ2) is 6.12. The highest BCUT2D eigenvalue weighted by Crippen LogP contribution is 2.37. The molecule has 0 spiro atoms. The monoisotopic (exact) mass is 307 g/mol. The van der Waals surface area contributed by atoms with E-state index in [0.29, 0.717) is 32.4 Å². The zero-order chi connectivity index (χ0) is 15.7. The van der Waals surface area contributed by atoms with Crippen molar-refractivity contribution in [3.8, 4) is 0 Å². The number of hydrogen-bond donors (Lipinski definition) is 2. The number of nitrogens with two attached hydrogens (primary N) is 2. The predicted molar refractivity (Wildman–Crippen MR) is 73.3 cm³/mol. The molecular formula is C14H24F3N3O. The molecule has 4 N–H and O–H groups in total. The lowest BCUT2D eigenvalue weighted by atomic mass is 9.84. The summed E-state index contributed by atoms with van der Waals surface area (Å²) in [6.45, 7) is 1.31. The van der Waals surface area contributed by atoms with Crippen LogP contribution in [0.2, 0.25) is 0 Å². The molecule has 3 atom stereocenters. The zero-order valence-electron chi connectivity index (χ0n) is 12.2. The van der Waals surface area contributed by atoms with Gasteiger partial charge in [0.25, 0.3) is 0 Å². The number of rotatable bonds is 4. The topological polar surface area (TPSA) is 72.3 Å². The maximum atomic E-state index is 12.8. The van der Waals surface area contributed by atoms with E-state index >= 15 is 0 Å². The molecule has 1 aliphatic carbocycles. The van der Waals surface area contributed by atoms with Gasteiger partial charge in [-0.3, -0.25) is 4.79 Å². The average Bonchev–Trinajstić information content (AvgIpc) is 2.78. The van der Waals surface area contributed by atoms with Crippen LogP contribution in [0.4, 0.5) is 13.2 Å². The first kappa shape index (κ1) is 16.5. The van der Waals surface area contributed by atoms with E-state index in [4.69, 9.17) is 11.5 Å². The van der Waals surface area contributed by atoms with Crippen LogP contribution >= 0.6 is 0 Å². The molecule has 0 aromatic carbocycles. The smallest absolute Gasteiger partial charge is 0.368 e. The first-order valence-corrected chi connectivity index (χ1v) is 7.61. The highest BCUT2D eigenvalue weighted by Gasteiger charge is 2.45. The van der Waals surface area contributed by atoms with Gasteiger partial charge in [0.05, 0.1) is 11.5 Å². The molecule has 7 heteroatoms. The third-order valence-electron chi connectivity index (χ3n) is 5.09. The van der Waals surface area contributed by atoms with E-state index in [0.717, 1.165) is 12.8 Å². The van der Waals surface area contributed by atoms with E-state index in [9.17, 15) is 18.0 Å². The second-order valence-electron chi connectivity index (χ2n) is 6.46. The Balaban J connectivity index is 1.87. The largest absolute Gasteiger partial charge is 0.393 e. The van der Waals surface area contributed by atoms with Crippen molar-refractivity contribution in [2.24, 2.45) is 23.3 Å².